The molecule has 3 aromatic rings. The molecule has 1 aromatic heterocycles. The van der Waals surface area contributed by atoms with Crippen LogP contribution in [0.3, 0.4) is 0 Å². The standard InChI is InChI=1S/C16H10FN3O/c17-14-6-5-12(10-3-1-2-4-11(10)14)15-19-16(21-20-15)13-7-9(13)8-18/h1-6,9,13H,7H2. The van der Waals surface area contributed by atoms with E-state index in [1.165, 1.54) is 6.07 Å². The van der Waals surface area contributed by atoms with Gasteiger partial charge in [0.05, 0.1) is 17.9 Å². The summed E-state index contributed by atoms with van der Waals surface area (Å²) in [5.41, 5.74) is 0.733. The Morgan fingerprint density at radius 3 is 2.76 bits per heavy atom. The van der Waals surface area contributed by atoms with Gasteiger partial charge >= 0.3 is 0 Å². The number of benzene rings is 2. The summed E-state index contributed by atoms with van der Waals surface area (Å²) in [5.74, 6) is 0.672. The Kier molecular flexibility index (Phi) is 2.51. The van der Waals surface area contributed by atoms with Crippen molar-refractivity contribution in [2.75, 3.05) is 0 Å². The Morgan fingerprint density at radius 2 is 2.00 bits per heavy atom. The van der Waals surface area contributed by atoms with E-state index in [2.05, 4.69) is 16.2 Å². The molecule has 1 aliphatic carbocycles. The third-order valence-corrected chi connectivity index (χ3v) is 3.83. The second kappa shape index (κ2) is 4.38. The van der Waals surface area contributed by atoms with E-state index in [4.69, 9.17) is 9.78 Å². The molecule has 0 radical (unpaired) electrons. The predicted molar refractivity (Wildman–Crippen MR) is 73.7 cm³/mol. The minimum absolute atomic E-state index is 0.0248. The van der Waals surface area contributed by atoms with Gasteiger partial charge in [-0.15, -0.1) is 0 Å². The van der Waals surface area contributed by atoms with Gasteiger partial charge in [0.2, 0.25) is 11.7 Å². The van der Waals surface area contributed by atoms with Gasteiger partial charge in [0.15, 0.2) is 0 Å². The highest BCUT2D eigenvalue weighted by molar-refractivity contribution is 5.95. The van der Waals surface area contributed by atoms with Gasteiger partial charge in [0, 0.05) is 10.9 Å². The number of aromatic nitrogens is 2. The van der Waals surface area contributed by atoms with E-state index in [-0.39, 0.29) is 17.7 Å². The molecule has 0 N–H and O–H groups in total. The molecule has 4 rings (SSSR count). The lowest BCUT2D eigenvalue weighted by atomic mass is 10.0. The van der Waals surface area contributed by atoms with Crippen LogP contribution in [0.25, 0.3) is 22.2 Å². The fourth-order valence-corrected chi connectivity index (χ4v) is 2.56. The Balaban J connectivity index is 1.81. The van der Waals surface area contributed by atoms with Crippen molar-refractivity contribution in [3.8, 4) is 17.5 Å². The van der Waals surface area contributed by atoms with E-state index in [0.29, 0.717) is 17.1 Å². The van der Waals surface area contributed by atoms with Crippen LogP contribution in [0.2, 0.25) is 0 Å². The quantitative estimate of drug-likeness (QED) is 0.718. The molecular formula is C16H10FN3O. The Hall–Kier alpha value is -2.74. The van der Waals surface area contributed by atoms with Gasteiger partial charge in [-0.05, 0) is 23.9 Å². The third kappa shape index (κ3) is 1.88. The summed E-state index contributed by atoms with van der Waals surface area (Å²) in [4.78, 5) is 4.37. The number of nitrogens with zero attached hydrogens (tertiary/aromatic N) is 3. The van der Waals surface area contributed by atoms with Gasteiger partial charge in [0.25, 0.3) is 0 Å². The van der Waals surface area contributed by atoms with Crippen molar-refractivity contribution >= 4 is 10.8 Å². The zero-order chi connectivity index (χ0) is 14.4. The van der Waals surface area contributed by atoms with Crippen molar-refractivity contribution in [2.24, 2.45) is 5.92 Å². The zero-order valence-corrected chi connectivity index (χ0v) is 11.0. The average molecular weight is 279 g/mol. The molecule has 2 unspecified atom stereocenters. The smallest absolute Gasteiger partial charge is 0.231 e. The van der Waals surface area contributed by atoms with Crippen LogP contribution < -0.4 is 0 Å². The summed E-state index contributed by atoms with van der Waals surface area (Å²) >= 11 is 0. The minimum Gasteiger partial charge on any atom is -0.339 e. The van der Waals surface area contributed by atoms with Gasteiger partial charge in [-0.2, -0.15) is 10.2 Å². The number of nitriles is 1. The molecule has 2 aromatic carbocycles. The number of rotatable bonds is 2. The summed E-state index contributed by atoms with van der Waals surface area (Å²) in [6.45, 7) is 0. The van der Waals surface area contributed by atoms with E-state index < -0.39 is 0 Å². The summed E-state index contributed by atoms with van der Waals surface area (Å²) in [7, 11) is 0. The second-order valence-corrected chi connectivity index (χ2v) is 5.17. The van der Waals surface area contributed by atoms with Gasteiger partial charge in [-0.1, -0.05) is 29.4 Å². The normalized spacial score (nSPS) is 20.4. The first kappa shape index (κ1) is 12.0. The molecule has 102 valence electrons. The second-order valence-electron chi connectivity index (χ2n) is 5.17. The van der Waals surface area contributed by atoms with Crippen molar-refractivity contribution in [3.63, 3.8) is 0 Å². The minimum atomic E-state index is -0.273. The van der Waals surface area contributed by atoms with E-state index in [1.807, 2.05) is 12.1 Å². The van der Waals surface area contributed by atoms with E-state index in [1.54, 1.807) is 18.2 Å². The topological polar surface area (TPSA) is 62.7 Å². The number of hydrogen-bond donors (Lipinski definition) is 0. The van der Waals surface area contributed by atoms with Crippen molar-refractivity contribution in [2.45, 2.75) is 12.3 Å². The van der Waals surface area contributed by atoms with Crippen LogP contribution in [-0.4, -0.2) is 10.1 Å². The predicted octanol–water partition coefficient (Wildman–Crippen LogP) is 3.66. The number of halogens is 1. The van der Waals surface area contributed by atoms with Crippen molar-refractivity contribution in [3.05, 3.63) is 48.1 Å². The molecular weight excluding hydrogens is 269 g/mol. The molecule has 5 heteroatoms. The maximum Gasteiger partial charge on any atom is 0.231 e. The molecule has 21 heavy (non-hydrogen) atoms. The average Bonchev–Trinajstić information content (AvgIpc) is 3.16. The molecule has 1 saturated carbocycles. The highest BCUT2D eigenvalue weighted by atomic mass is 19.1. The van der Waals surface area contributed by atoms with E-state index in [0.717, 1.165) is 17.4 Å². The van der Waals surface area contributed by atoms with E-state index in [9.17, 15) is 4.39 Å². The first-order valence-corrected chi connectivity index (χ1v) is 6.69. The third-order valence-electron chi connectivity index (χ3n) is 3.83. The van der Waals surface area contributed by atoms with Crippen molar-refractivity contribution in [1.29, 1.82) is 5.26 Å². The van der Waals surface area contributed by atoms with Gasteiger partial charge < -0.3 is 4.52 Å². The molecule has 0 aliphatic heterocycles. The van der Waals surface area contributed by atoms with Gasteiger partial charge in [-0.3, -0.25) is 0 Å². The van der Waals surface area contributed by atoms with Crippen molar-refractivity contribution in [1.82, 2.24) is 10.1 Å². The maximum absolute atomic E-state index is 13.8. The lowest BCUT2D eigenvalue weighted by Gasteiger charge is -2.03. The molecule has 0 bridgehead atoms. The number of fused-ring (bicyclic) bond motifs is 1. The van der Waals surface area contributed by atoms with Gasteiger partial charge in [-0.25, -0.2) is 4.39 Å². The van der Waals surface area contributed by atoms with Crippen LogP contribution in [0, 0.1) is 23.1 Å². The molecule has 2 atom stereocenters. The molecule has 1 fully saturated rings. The molecule has 0 saturated heterocycles. The highest BCUT2D eigenvalue weighted by Gasteiger charge is 2.43. The summed E-state index contributed by atoms with van der Waals surface area (Å²) in [6.07, 6.45) is 0.766. The van der Waals surface area contributed by atoms with Crippen molar-refractivity contribution < 1.29 is 8.91 Å². The number of hydrogen-bond acceptors (Lipinski definition) is 4. The lowest BCUT2D eigenvalue weighted by molar-refractivity contribution is 0.378. The molecule has 1 heterocycles. The summed E-state index contributed by atoms with van der Waals surface area (Å²) in [5, 5.41) is 14.1. The molecule has 4 nitrogen and oxygen atoms in total. The maximum atomic E-state index is 13.8. The largest absolute Gasteiger partial charge is 0.339 e. The Bertz CT molecular complexity index is 881. The summed E-state index contributed by atoms with van der Waals surface area (Å²) < 4.78 is 19.1. The fourth-order valence-electron chi connectivity index (χ4n) is 2.56. The highest BCUT2D eigenvalue weighted by Crippen LogP contribution is 2.46. The SMILES string of the molecule is N#CC1CC1c1nc(-c2ccc(F)c3ccccc23)no1. The monoisotopic (exact) mass is 279 g/mol. The fraction of sp³-hybridized carbons (Fsp3) is 0.188. The van der Waals surface area contributed by atoms with Gasteiger partial charge in [0.1, 0.15) is 5.82 Å². The first-order chi connectivity index (χ1) is 10.3. The molecule has 1 aliphatic rings. The van der Waals surface area contributed by atoms with E-state index >= 15 is 0 Å². The molecule has 0 spiro atoms. The van der Waals surface area contributed by atoms with Crippen LogP contribution in [0.1, 0.15) is 18.2 Å². The summed E-state index contributed by atoms with van der Waals surface area (Å²) in [6, 6.07) is 12.4. The van der Waals surface area contributed by atoms with Crippen LogP contribution >= 0.6 is 0 Å². The Labute approximate surface area is 119 Å². The lowest BCUT2D eigenvalue weighted by Crippen LogP contribution is -1.87. The van der Waals surface area contributed by atoms with Crippen LogP contribution in [0.15, 0.2) is 40.9 Å². The first-order valence-electron chi connectivity index (χ1n) is 6.69. The van der Waals surface area contributed by atoms with Crippen LogP contribution in [-0.2, 0) is 0 Å². The van der Waals surface area contributed by atoms with Crippen LogP contribution in [0.4, 0.5) is 4.39 Å². The molecule has 0 amide bonds. The zero-order valence-electron chi connectivity index (χ0n) is 11.0. The Morgan fingerprint density at radius 1 is 1.19 bits per heavy atom. The van der Waals surface area contributed by atoms with Crippen LogP contribution in [0.5, 0.6) is 0 Å².